The SMILES string of the molecule is CCCCCCCC(=O)OCCC.CCCCCCCC(=O)OCCCC. The van der Waals surface area contributed by atoms with E-state index in [1.807, 2.05) is 6.92 Å². The van der Waals surface area contributed by atoms with Crippen LogP contribution >= 0.6 is 0 Å². The molecule has 0 radical (unpaired) electrons. The molecule has 0 aliphatic rings. The predicted octanol–water partition coefficient (Wildman–Crippen LogP) is 6.99. The number of rotatable bonds is 17. The van der Waals surface area contributed by atoms with Crippen molar-refractivity contribution in [2.75, 3.05) is 13.2 Å². The van der Waals surface area contributed by atoms with Crippen LogP contribution in [-0.4, -0.2) is 25.2 Å². The van der Waals surface area contributed by atoms with Gasteiger partial charge in [0, 0.05) is 12.8 Å². The summed E-state index contributed by atoms with van der Waals surface area (Å²) in [4.78, 5) is 22.1. The third-order valence-electron chi connectivity index (χ3n) is 4.20. The van der Waals surface area contributed by atoms with E-state index in [1.165, 1.54) is 38.5 Å². The smallest absolute Gasteiger partial charge is 0.305 e. The van der Waals surface area contributed by atoms with Crippen LogP contribution in [0.25, 0.3) is 0 Å². The number of hydrogen-bond acceptors (Lipinski definition) is 4. The van der Waals surface area contributed by atoms with Crippen molar-refractivity contribution in [3.05, 3.63) is 0 Å². The van der Waals surface area contributed by atoms with Gasteiger partial charge in [0.2, 0.25) is 0 Å². The molecule has 0 rings (SSSR count). The Morgan fingerprint density at radius 3 is 1.30 bits per heavy atom. The average Bonchev–Trinajstić information content (AvgIpc) is 2.67. The molecule has 0 aromatic heterocycles. The Hall–Kier alpha value is -1.06. The molecule has 4 nitrogen and oxygen atoms in total. The van der Waals surface area contributed by atoms with E-state index in [-0.39, 0.29) is 11.9 Å². The van der Waals surface area contributed by atoms with Gasteiger partial charge >= 0.3 is 11.9 Å². The number of esters is 2. The summed E-state index contributed by atoms with van der Waals surface area (Å²) in [6.45, 7) is 9.67. The Labute approximate surface area is 168 Å². The largest absolute Gasteiger partial charge is 0.466 e. The van der Waals surface area contributed by atoms with Gasteiger partial charge in [0.15, 0.2) is 0 Å². The van der Waals surface area contributed by atoms with Gasteiger partial charge in [0.05, 0.1) is 13.2 Å². The summed E-state index contributed by atoms with van der Waals surface area (Å²) in [5, 5.41) is 0. The number of carbonyl (C=O) groups is 2. The first-order valence-electron chi connectivity index (χ1n) is 11.4. The van der Waals surface area contributed by atoms with Crippen LogP contribution in [0.15, 0.2) is 0 Å². The van der Waals surface area contributed by atoms with Crippen molar-refractivity contribution in [1.82, 2.24) is 0 Å². The highest BCUT2D eigenvalue weighted by atomic mass is 16.5. The maximum atomic E-state index is 11.1. The normalized spacial score (nSPS) is 10.1. The minimum Gasteiger partial charge on any atom is -0.466 e. The predicted molar refractivity (Wildman–Crippen MR) is 114 cm³/mol. The van der Waals surface area contributed by atoms with Gasteiger partial charge in [-0.15, -0.1) is 0 Å². The van der Waals surface area contributed by atoms with E-state index in [2.05, 4.69) is 20.8 Å². The van der Waals surface area contributed by atoms with Crippen molar-refractivity contribution in [3.8, 4) is 0 Å². The summed E-state index contributed by atoms with van der Waals surface area (Å²) in [6, 6.07) is 0. The highest BCUT2D eigenvalue weighted by molar-refractivity contribution is 5.69. The second-order valence-corrected chi connectivity index (χ2v) is 7.12. The van der Waals surface area contributed by atoms with Gasteiger partial charge in [-0.3, -0.25) is 9.59 Å². The molecule has 0 aliphatic heterocycles. The number of unbranched alkanes of at least 4 members (excludes halogenated alkanes) is 9. The van der Waals surface area contributed by atoms with Gasteiger partial charge in [-0.25, -0.2) is 0 Å². The van der Waals surface area contributed by atoms with E-state index in [4.69, 9.17) is 9.47 Å². The molecule has 0 amide bonds. The summed E-state index contributed by atoms with van der Waals surface area (Å²) in [5.74, 6) is -0.0479. The molecule has 0 heterocycles. The molecule has 0 unspecified atom stereocenters. The quantitative estimate of drug-likeness (QED) is 0.200. The lowest BCUT2D eigenvalue weighted by Gasteiger charge is -2.03. The van der Waals surface area contributed by atoms with E-state index in [0.29, 0.717) is 26.1 Å². The monoisotopic (exact) mass is 386 g/mol. The molecule has 0 bridgehead atoms. The van der Waals surface area contributed by atoms with E-state index >= 15 is 0 Å². The van der Waals surface area contributed by atoms with Gasteiger partial charge in [-0.2, -0.15) is 0 Å². The number of ether oxygens (including phenoxy) is 2. The fourth-order valence-electron chi connectivity index (χ4n) is 2.44. The molecule has 162 valence electrons. The average molecular weight is 387 g/mol. The lowest BCUT2D eigenvalue weighted by atomic mass is 10.1. The molecule has 0 aromatic rings. The Morgan fingerprint density at radius 1 is 0.481 bits per heavy atom. The van der Waals surface area contributed by atoms with Crippen LogP contribution in [-0.2, 0) is 19.1 Å². The summed E-state index contributed by atoms with van der Waals surface area (Å²) < 4.78 is 10.0. The topological polar surface area (TPSA) is 52.6 Å². The zero-order valence-corrected chi connectivity index (χ0v) is 18.7. The van der Waals surface area contributed by atoms with Crippen LogP contribution < -0.4 is 0 Å². The standard InChI is InChI=1S/C12H24O2.C11H22O2/c1-3-5-7-8-9-10-12(13)14-11-6-4-2;1-3-5-6-7-8-9-11(12)13-10-4-2/h3-11H2,1-2H3;3-10H2,1-2H3. The Bertz CT molecular complexity index is 316. The summed E-state index contributed by atoms with van der Waals surface area (Å²) in [6.07, 6.45) is 16.1. The molecule has 0 fully saturated rings. The Balaban J connectivity index is 0. The zero-order valence-electron chi connectivity index (χ0n) is 18.7. The van der Waals surface area contributed by atoms with Gasteiger partial charge < -0.3 is 9.47 Å². The molecule has 0 saturated carbocycles. The van der Waals surface area contributed by atoms with E-state index in [1.54, 1.807) is 0 Å². The van der Waals surface area contributed by atoms with Gasteiger partial charge in [-0.1, -0.05) is 85.5 Å². The van der Waals surface area contributed by atoms with E-state index in [0.717, 1.165) is 44.9 Å². The van der Waals surface area contributed by atoms with Crippen molar-refractivity contribution >= 4 is 11.9 Å². The molecular formula is C23H46O4. The minimum atomic E-state index is -0.0293. The molecule has 27 heavy (non-hydrogen) atoms. The van der Waals surface area contributed by atoms with Crippen LogP contribution in [0.1, 0.15) is 124 Å². The molecular weight excluding hydrogens is 340 g/mol. The number of carbonyl (C=O) groups excluding carboxylic acids is 2. The first kappa shape index (κ1) is 28.2. The molecule has 0 atom stereocenters. The first-order valence-corrected chi connectivity index (χ1v) is 11.4. The molecule has 0 aromatic carbocycles. The van der Waals surface area contributed by atoms with Crippen molar-refractivity contribution in [1.29, 1.82) is 0 Å². The fraction of sp³-hybridized carbons (Fsp3) is 0.913. The molecule has 0 aliphatic carbocycles. The maximum Gasteiger partial charge on any atom is 0.305 e. The second kappa shape index (κ2) is 24.9. The Kier molecular flexibility index (Phi) is 26.0. The first-order chi connectivity index (χ1) is 13.1. The van der Waals surface area contributed by atoms with Crippen LogP contribution in [0.5, 0.6) is 0 Å². The third kappa shape index (κ3) is 27.3. The molecule has 0 saturated heterocycles. The number of hydrogen-bond donors (Lipinski definition) is 0. The zero-order chi connectivity index (χ0) is 20.6. The summed E-state index contributed by atoms with van der Waals surface area (Å²) >= 11 is 0. The van der Waals surface area contributed by atoms with E-state index < -0.39 is 0 Å². The Morgan fingerprint density at radius 2 is 0.889 bits per heavy atom. The minimum absolute atomic E-state index is 0.0186. The van der Waals surface area contributed by atoms with E-state index in [9.17, 15) is 9.59 Å². The fourth-order valence-corrected chi connectivity index (χ4v) is 2.44. The third-order valence-corrected chi connectivity index (χ3v) is 4.20. The van der Waals surface area contributed by atoms with Crippen LogP contribution in [0, 0.1) is 0 Å². The van der Waals surface area contributed by atoms with Gasteiger partial charge in [-0.05, 0) is 25.7 Å². The van der Waals surface area contributed by atoms with Gasteiger partial charge in [0.1, 0.15) is 0 Å². The maximum absolute atomic E-state index is 11.1. The summed E-state index contributed by atoms with van der Waals surface area (Å²) in [7, 11) is 0. The molecule has 0 N–H and O–H groups in total. The summed E-state index contributed by atoms with van der Waals surface area (Å²) in [5.41, 5.74) is 0. The van der Waals surface area contributed by atoms with Gasteiger partial charge in [0.25, 0.3) is 0 Å². The van der Waals surface area contributed by atoms with Crippen molar-refractivity contribution < 1.29 is 19.1 Å². The van der Waals surface area contributed by atoms with Crippen molar-refractivity contribution in [3.63, 3.8) is 0 Å². The second-order valence-electron chi connectivity index (χ2n) is 7.12. The van der Waals surface area contributed by atoms with Crippen molar-refractivity contribution in [2.24, 2.45) is 0 Å². The highest BCUT2D eigenvalue weighted by Crippen LogP contribution is 2.06. The van der Waals surface area contributed by atoms with Crippen molar-refractivity contribution in [2.45, 2.75) is 124 Å². The van der Waals surface area contributed by atoms with Crippen LogP contribution in [0.2, 0.25) is 0 Å². The highest BCUT2D eigenvalue weighted by Gasteiger charge is 2.01. The molecule has 0 spiro atoms. The lowest BCUT2D eigenvalue weighted by Crippen LogP contribution is -2.05. The lowest BCUT2D eigenvalue weighted by molar-refractivity contribution is -0.144. The van der Waals surface area contributed by atoms with Crippen LogP contribution in [0.3, 0.4) is 0 Å². The molecule has 4 heteroatoms. The van der Waals surface area contributed by atoms with Crippen LogP contribution in [0.4, 0.5) is 0 Å².